The Morgan fingerprint density at radius 3 is 2.31 bits per heavy atom. The maximum atomic E-state index is 5.45. The van der Waals surface area contributed by atoms with E-state index in [0.717, 1.165) is 21.5 Å². The largest absolute Gasteiger partial charge is 0.496 e. The third-order valence-corrected chi connectivity index (χ3v) is 3.00. The zero-order valence-electron chi connectivity index (χ0n) is 9.16. The van der Waals surface area contributed by atoms with Gasteiger partial charge in [0.2, 0.25) is 0 Å². The molecular formula is C11H13BrO4. The Balaban J connectivity index is 2.40. The van der Waals surface area contributed by atoms with E-state index in [1.54, 1.807) is 14.2 Å². The normalized spacial score (nSPS) is 16.4. The monoisotopic (exact) mass is 288 g/mol. The first kappa shape index (κ1) is 11.7. The van der Waals surface area contributed by atoms with E-state index in [-0.39, 0.29) is 6.29 Å². The standard InChI is InChI=1S/C11H13BrO4/c1-13-9-6-8(12)10(14-2)5-7(9)11-15-3-4-16-11/h5-6,11H,3-4H2,1-2H3. The van der Waals surface area contributed by atoms with Crippen LogP contribution in [0.2, 0.25) is 0 Å². The quantitative estimate of drug-likeness (QED) is 0.856. The molecular weight excluding hydrogens is 276 g/mol. The van der Waals surface area contributed by atoms with Gasteiger partial charge in [0.25, 0.3) is 0 Å². The number of rotatable bonds is 3. The van der Waals surface area contributed by atoms with Gasteiger partial charge in [0.15, 0.2) is 6.29 Å². The molecule has 0 spiro atoms. The highest BCUT2D eigenvalue weighted by Gasteiger charge is 2.23. The van der Waals surface area contributed by atoms with Crippen LogP contribution in [0.4, 0.5) is 0 Å². The van der Waals surface area contributed by atoms with Crippen LogP contribution in [-0.2, 0) is 9.47 Å². The number of ether oxygens (including phenoxy) is 4. The maximum absolute atomic E-state index is 5.45. The van der Waals surface area contributed by atoms with Crippen molar-refractivity contribution in [1.82, 2.24) is 0 Å². The molecule has 2 rings (SSSR count). The van der Waals surface area contributed by atoms with E-state index in [2.05, 4.69) is 15.9 Å². The predicted octanol–water partition coefficient (Wildman–Crippen LogP) is 2.51. The van der Waals surface area contributed by atoms with E-state index < -0.39 is 0 Å². The molecule has 4 nitrogen and oxygen atoms in total. The van der Waals surface area contributed by atoms with Crippen LogP contribution in [-0.4, -0.2) is 27.4 Å². The van der Waals surface area contributed by atoms with E-state index >= 15 is 0 Å². The second kappa shape index (κ2) is 5.03. The van der Waals surface area contributed by atoms with Crippen LogP contribution in [0.1, 0.15) is 11.9 Å². The number of hydrogen-bond acceptors (Lipinski definition) is 4. The highest BCUT2D eigenvalue weighted by Crippen LogP contribution is 2.38. The topological polar surface area (TPSA) is 36.9 Å². The summed E-state index contributed by atoms with van der Waals surface area (Å²) in [5.41, 5.74) is 0.847. The first-order valence-corrected chi connectivity index (χ1v) is 5.70. The minimum absolute atomic E-state index is 0.364. The molecule has 0 bridgehead atoms. The smallest absolute Gasteiger partial charge is 0.187 e. The van der Waals surface area contributed by atoms with Crippen molar-refractivity contribution >= 4 is 15.9 Å². The lowest BCUT2D eigenvalue weighted by Crippen LogP contribution is -2.02. The third kappa shape index (κ3) is 2.16. The number of benzene rings is 1. The molecule has 5 heteroatoms. The van der Waals surface area contributed by atoms with Crippen LogP contribution in [0.3, 0.4) is 0 Å². The van der Waals surface area contributed by atoms with Gasteiger partial charge in [-0.25, -0.2) is 0 Å². The second-order valence-electron chi connectivity index (χ2n) is 3.30. The molecule has 1 fully saturated rings. The Morgan fingerprint density at radius 1 is 1.12 bits per heavy atom. The molecule has 0 unspecified atom stereocenters. The molecule has 1 aromatic carbocycles. The zero-order chi connectivity index (χ0) is 11.5. The van der Waals surface area contributed by atoms with E-state index in [9.17, 15) is 0 Å². The molecule has 0 saturated carbocycles. The van der Waals surface area contributed by atoms with Gasteiger partial charge in [0.05, 0.1) is 37.5 Å². The van der Waals surface area contributed by atoms with Gasteiger partial charge in [-0.2, -0.15) is 0 Å². The Hall–Kier alpha value is -0.780. The molecule has 1 saturated heterocycles. The summed E-state index contributed by atoms with van der Waals surface area (Å²) >= 11 is 3.40. The molecule has 0 atom stereocenters. The summed E-state index contributed by atoms with van der Waals surface area (Å²) in [5, 5.41) is 0. The molecule has 16 heavy (non-hydrogen) atoms. The van der Waals surface area contributed by atoms with Gasteiger partial charge in [-0.15, -0.1) is 0 Å². The van der Waals surface area contributed by atoms with Gasteiger partial charge < -0.3 is 18.9 Å². The lowest BCUT2D eigenvalue weighted by molar-refractivity contribution is -0.0456. The molecule has 88 valence electrons. The maximum Gasteiger partial charge on any atom is 0.187 e. The van der Waals surface area contributed by atoms with Crippen molar-refractivity contribution in [2.24, 2.45) is 0 Å². The Kier molecular flexibility index (Phi) is 3.68. The number of methoxy groups -OCH3 is 2. The summed E-state index contributed by atoms with van der Waals surface area (Å²) in [4.78, 5) is 0. The molecule has 0 radical (unpaired) electrons. The summed E-state index contributed by atoms with van der Waals surface area (Å²) in [6, 6.07) is 3.71. The Labute approximate surface area is 103 Å². The zero-order valence-corrected chi connectivity index (χ0v) is 10.7. The van der Waals surface area contributed by atoms with Crippen molar-refractivity contribution in [3.8, 4) is 11.5 Å². The fourth-order valence-corrected chi connectivity index (χ4v) is 2.09. The van der Waals surface area contributed by atoms with E-state index in [1.165, 1.54) is 0 Å². The van der Waals surface area contributed by atoms with Gasteiger partial charge >= 0.3 is 0 Å². The number of halogens is 1. The van der Waals surface area contributed by atoms with Gasteiger partial charge in [-0.1, -0.05) is 0 Å². The minimum Gasteiger partial charge on any atom is -0.496 e. The predicted molar refractivity (Wildman–Crippen MR) is 61.9 cm³/mol. The average Bonchev–Trinajstić information content (AvgIpc) is 2.82. The van der Waals surface area contributed by atoms with Crippen molar-refractivity contribution in [2.45, 2.75) is 6.29 Å². The summed E-state index contributed by atoms with van der Waals surface area (Å²) in [6.45, 7) is 1.21. The van der Waals surface area contributed by atoms with Crippen LogP contribution in [0.15, 0.2) is 16.6 Å². The van der Waals surface area contributed by atoms with Gasteiger partial charge in [0, 0.05) is 0 Å². The van der Waals surface area contributed by atoms with Crippen molar-refractivity contribution in [2.75, 3.05) is 27.4 Å². The fourth-order valence-electron chi connectivity index (χ4n) is 1.61. The minimum atomic E-state index is -0.364. The van der Waals surface area contributed by atoms with Crippen LogP contribution < -0.4 is 9.47 Å². The van der Waals surface area contributed by atoms with Crippen molar-refractivity contribution in [3.63, 3.8) is 0 Å². The Bertz CT molecular complexity index is 374. The van der Waals surface area contributed by atoms with Crippen LogP contribution >= 0.6 is 15.9 Å². The first-order chi connectivity index (χ1) is 7.76. The number of hydrogen-bond donors (Lipinski definition) is 0. The summed E-state index contributed by atoms with van der Waals surface area (Å²) in [7, 11) is 3.24. The van der Waals surface area contributed by atoms with Gasteiger partial charge in [-0.05, 0) is 28.1 Å². The summed E-state index contributed by atoms with van der Waals surface area (Å²) < 4.78 is 22.3. The van der Waals surface area contributed by atoms with Gasteiger partial charge in [0.1, 0.15) is 11.5 Å². The van der Waals surface area contributed by atoms with Gasteiger partial charge in [-0.3, -0.25) is 0 Å². The first-order valence-electron chi connectivity index (χ1n) is 4.91. The molecule has 1 aliphatic rings. The SMILES string of the molecule is COc1cc(C2OCCO2)c(OC)cc1Br. The molecule has 0 amide bonds. The average molecular weight is 289 g/mol. The van der Waals surface area contributed by atoms with Crippen LogP contribution in [0, 0.1) is 0 Å². The van der Waals surface area contributed by atoms with Crippen molar-refractivity contribution in [1.29, 1.82) is 0 Å². The third-order valence-electron chi connectivity index (χ3n) is 2.38. The fraction of sp³-hybridized carbons (Fsp3) is 0.455. The van der Waals surface area contributed by atoms with E-state index in [0.29, 0.717) is 13.2 Å². The summed E-state index contributed by atoms with van der Waals surface area (Å²) in [5.74, 6) is 1.45. The lowest BCUT2D eigenvalue weighted by Gasteiger charge is -2.16. The van der Waals surface area contributed by atoms with Crippen LogP contribution in [0.25, 0.3) is 0 Å². The summed E-state index contributed by atoms with van der Waals surface area (Å²) in [6.07, 6.45) is -0.364. The van der Waals surface area contributed by atoms with Crippen LogP contribution in [0.5, 0.6) is 11.5 Å². The molecule has 1 heterocycles. The van der Waals surface area contributed by atoms with Crippen molar-refractivity contribution < 1.29 is 18.9 Å². The molecule has 0 N–H and O–H groups in total. The highest BCUT2D eigenvalue weighted by molar-refractivity contribution is 9.10. The second-order valence-corrected chi connectivity index (χ2v) is 4.16. The molecule has 1 aromatic rings. The molecule has 0 aliphatic carbocycles. The lowest BCUT2D eigenvalue weighted by atomic mass is 10.2. The van der Waals surface area contributed by atoms with Crippen molar-refractivity contribution in [3.05, 3.63) is 22.2 Å². The Morgan fingerprint density at radius 2 is 1.75 bits per heavy atom. The molecule has 1 aliphatic heterocycles. The highest BCUT2D eigenvalue weighted by atomic mass is 79.9. The van der Waals surface area contributed by atoms with E-state index in [4.69, 9.17) is 18.9 Å². The van der Waals surface area contributed by atoms with E-state index in [1.807, 2.05) is 12.1 Å². The molecule has 0 aromatic heterocycles.